The molecule has 6 heteroatoms. The molecular weight excluding hydrogens is 486 g/mol. The van der Waals surface area contributed by atoms with Crippen molar-refractivity contribution in [2.75, 3.05) is 0 Å². The maximum absolute atomic E-state index is 11.2. The Kier molecular flexibility index (Phi) is 7.47. The molecule has 1 heterocycles. The second kappa shape index (κ2) is 11.3. The number of amides is 2. The summed E-state index contributed by atoms with van der Waals surface area (Å²) in [6.45, 7) is 0. The Morgan fingerprint density at radius 1 is 0.556 bits per heavy atom. The molecule has 0 aliphatic carbocycles. The van der Waals surface area contributed by atoms with Crippen molar-refractivity contribution in [3.05, 3.63) is 127 Å². The molecule has 0 unspecified atom stereocenters. The molecule has 176 valence electrons. The molecule has 5 aromatic carbocycles. The molecule has 2 amide bonds. The van der Waals surface area contributed by atoms with E-state index in [2.05, 4.69) is 90.2 Å². The van der Waals surface area contributed by atoms with Crippen LogP contribution in [0.1, 0.15) is 5.56 Å². The van der Waals surface area contributed by atoms with Crippen LogP contribution in [-0.2, 0) is 13.2 Å². The number of hydrogen-bond acceptors (Lipinski definition) is 5. The Hall–Kier alpha value is -3.84. The summed E-state index contributed by atoms with van der Waals surface area (Å²) in [5.41, 5.74) is 1.21. The summed E-state index contributed by atoms with van der Waals surface area (Å²) < 4.78 is 5.86. The zero-order valence-corrected chi connectivity index (χ0v) is 20.7. The van der Waals surface area contributed by atoms with Crippen molar-refractivity contribution in [1.29, 1.82) is 0 Å². The van der Waals surface area contributed by atoms with Gasteiger partial charge in [-0.1, -0.05) is 103 Å². The summed E-state index contributed by atoms with van der Waals surface area (Å²) >= 11 is 2.83. The van der Waals surface area contributed by atoms with Gasteiger partial charge in [0, 0.05) is 40.0 Å². The highest BCUT2D eigenvalue weighted by atomic mass is 32.2. The van der Waals surface area contributed by atoms with Gasteiger partial charge in [0.25, 0.3) is 11.8 Å². The summed E-state index contributed by atoms with van der Waals surface area (Å²) in [7, 11) is 0. The van der Waals surface area contributed by atoms with Crippen molar-refractivity contribution >= 4 is 63.0 Å². The molecule has 1 aliphatic rings. The summed E-state index contributed by atoms with van der Waals surface area (Å²) in [6.07, 6.45) is 1.32. The maximum Gasteiger partial charge on any atom is 0.258 e. The van der Waals surface area contributed by atoms with E-state index in [-0.39, 0.29) is 11.8 Å². The number of nitrogens with one attached hydrogen (secondary N) is 1. The van der Waals surface area contributed by atoms with Crippen LogP contribution in [0.4, 0.5) is 0 Å². The number of carbonyl (C=O) groups is 2. The summed E-state index contributed by atoms with van der Waals surface area (Å²) in [6, 6.07) is 38.4. The van der Waals surface area contributed by atoms with Crippen LogP contribution >= 0.6 is 24.1 Å². The van der Waals surface area contributed by atoms with Crippen molar-refractivity contribution in [2.45, 2.75) is 9.79 Å². The fourth-order valence-corrected chi connectivity index (χ4v) is 5.41. The number of hydrogen-bond donors (Lipinski definition) is 1. The SMILES string of the molecule is O=C1C=C(c2ccccc2)C(=O)N1.c1ccc2c(SOSc3cccc4ccccc34)cccc2c1. The first-order valence-corrected chi connectivity index (χ1v) is 12.8. The molecule has 0 atom stereocenters. The minimum atomic E-state index is -0.344. The quantitative estimate of drug-likeness (QED) is 0.198. The number of fused-ring (bicyclic) bond motifs is 2. The first-order valence-electron chi connectivity index (χ1n) is 11.3. The highest BCUT2D eigenvalue weighted by Gasteiger charge is 2.21. The normalized spacial score (nSPS) is 12.7. The lowest BCUT2D eigenvalue weighted by atomic mass is 10.1. The first-order chi connectivity index (χ1) is 17.7. The third-order valence-electron chi connectivity index (χ3n) is 5.59. The largest absolute Gasteiger partial charge is 0.289 e. The first kappa shape index (κ1) is 23.9. The van der Waals surface area contributed by atoms with Gasteiger partial charge in [-0.05, 0) is 39.2 Å². The van der Waals surface area contributed by atoms with Crippen LogP contribution in [0.2, 0.25) is 0 Å². The van der Waals surface area contributed by atoms with Gasteiger partial charge in [-0.25, -0.2) is 3.63 Å². The zero-order valence-electron chi connectivity index (χ0n) is 19.1. The van der Waals surface area contributed by atoms with E-state index >= 15 is 0 Å². The van der Waals surface area contributed by atoms with Gasteiger partial charge in [-0.2, -0.15) is 0 Å². The van der Waals surface area contributed by atoms with Crippen LogP contribution in [0.15, 0.2) is 131 Å². The Labute approximate surface area is 217 Å². The van der Waals surface area contributed by atoms with Crippen LogP contribution in [0.5, 0.6) is 0 Å². The standard InChI is InChI=1S/C20H14OS2.C10H7NO2/c1-3-11-17-15(7-1)9-5-13-19(17)22-21-23-20-14-6-10-16-8-2-4-12-18(16)20;12-9-6-8(10(13)11-9)7-4-2-1-3-5-7/h1-14H;1-6H,(H,11,12,13). The van der Waals surface area contributed by atoms with E-state index < -0.39 is 0 Å². The highest BCUT2D eigenvalue weighted by Crippen LogP contribution is 2.36. The monoisotopic (exact) mass is 507 g/mol. The van der Waals surface area contributed by atoms with E-state index in [9.17, 15) is 9.59 Å². The van der Waals surface area contributed by atoms with E-state index in [1.165, 1.54) is 51.7 Å². The van der Waals surface area contributed by atoms with Gasteiger partial charge >= 0.3 is 0 Å². The van der Waals surface area contributed by atoms with Crippen LogP contribution in [0.25, 0.3) is 27.1 Å². The Bertz CT molecular complexity index is 1490. The van der Waals surface area contributed by atoms with E-state index in [1.54, 1.807) is 12.1 Å². The van der Waals surface area contributed by atoms with E-state index in [1.807, 2.05) is 18.2 Å². The molecule has 0 fully saturated rings. The van der Waals surface area contributed by atoms with Crippen LogP contribution in [0.3, 0.4) is 0 Å². The molecule has 6 rings (SSSR count). The molecule has 0 saturated carbocycles. The average molecular weight is 508 g/mol. The van der Waals surface area contributed by atoms with Gasteiger partial charge in [0.2, 0.25) is 0 Å². The van der Waals surface area contributed by atoms with E-state index in [0.29, 0.717) is 5.57 Å². The molecule has 1 aliphatic heterocycles. The Balaban J connectivity index is 0.000000174. The summed E-state index contributed by atoms with van der Waals surface area (Å²) in [5, 5.41) is 7.10. The fraction of sp³-hybridized carbons (Fsp3) is 0. The minimum absolute atomic E-state index is 0.323. The Morgan fingerprint density at radius 2 is 1.06 bits per heavy atom. The molecule has 0 spiro atoms. The molecule has 4 nitrogen and oxygen atoms in total. The predicted octanol–water partition coefficient (Wildman–Crippen LogP) is 7.45. The van der Waals surface area contributed by atoms with E-state index in [4.69, 9.17) is 3.63 Å². The van der Waals surface area contributed by atoms with Crippen molar-refractivity contribution in [3.8, 4) is 0 Å². The molecule has 0 radical (unpaired) electrons. The maximum atomic E-state index is 11.2. The van der Waals surface area contributed by atoms with Crippen LogP contribution in [0, 0.1) is 0 Å². The smallest absolute Gasteiger partial charge is 0.258 e. The van der Waals surface area contributed by atoms with Crippen molar-refractivity contribution in [1.82, 2.24) is 5.32 Å². The van der Waals surface area contributed by atoms with Gasteiger partial charge in [0.15, 0.2) is 0 Å². The second-order valence-electron chi connectivity index (χ2n) is 7.93. The highest BCUT2D eigenvalue weighted by molar-refractivity contribution is 8.08. The van der Waals surface area contributed by atoms with Crippen molar-refractivity contribution in [2.24, 2.45) is 0 Å². The average Bonchev–Trinajstić information content (AvgIpc) is 3.27. The molecule has 1 N–H and O–H groups in total. The topological polar surface area (TPSA) is 55.4 Å². The van der Waals surface area contributed by atoms with Crippen molar-refractivity contribution < 1.29 is 13.2 Å². The predicted molar refractivity (Wildman–Crippen MR) is 148 cm³/mol. The molecular formula is C30H21NO3S2. The minimum Gasteiger partial charge on any atom is -0.289 e. The number of carbonyl (C=O) groups excluding carboxylic acids is 2. The molecule has 0 saturated heterocycles. The number of rotatable bonds is 5. The van der Waals surface area contributed by atoms with Gasteiger partial charge in [0.1, 0.15) is 0 Å². The molecule has 0 bridgehead atoms. The third-order valence-corrected chi connectivity index (χ3v) is 7.20. The van der Waals surface area contributed by atoms with Gasteiger partial charge in [0.05, 0.1) is 5.57 Å². The van der Waals surface area contributed by atoms with Gasteiger partial charge < -0.3 is 0 Å². The summed E-state index contributed by atoms with van der Waals surface area (Å²) in [4.78, 5) is 24.3. The van der Waals surface area contributed by atoms with Crippen LogP contribution < -0.4 is 5.32 Å². The lowest BCUT2D eigenvalue weighted by Crippen LogP contribution is -2.21. The third kappa shape index (κ3) is 5.52. The fourth-order valence-electron chi connectivity index (χ4n) is 3.87. The molecule has 0 aromatic heterocycles. The van der Waals surface area contributed by atoms with Crippen LogP contribution in [-0.4, -0.2) is 11.8 Å². The number of benzene rings is 5. The Morgan fingerprint density at radius 3 is 1.58 bits per heavy atom. The van der Waals surface area contributed by atoms with Gasteiger partial charge in [-0.15, -0.1) is 0 Å². The van der Waals surface area contributed by atoms with Crippen molar-refractivity contribution in [3.63, 3.8) is 0 Å². The summed E-state index contributed by atoms with van der Waals surface area (Å²) in [5.74, 6) is -0.667. The molecule has 36 heavy (non-hydrogen) atoms. The van der Waals surface area contributed by atoms with Gasteiger partial charge in [-0.3, -0.25) is 14.9 Å². The second-order valence-corrected chi connectivity index (χ2v) is 9.69. The lowest BCUT2D eigenvalue weighted by Gasteiger charge is -2.07. The molecule has 5 aromatic rings. The van der Waals surface area contributed by atoms with E-state index in [0.717, 1.165) is 15.4 Å². The lowest BCUT2D eigenvalue weighted by molar-refractivity contribution is -0.123. The zero-order chi connectivity index (χ0) is 24.7. The number of imide groups is 1.